The Morgan fingerprint density at radius 2 is 1.75 bits per heavy atom. The van der Waals surface area contributed by atoms with Gasteiger partial charge in [0.15, 0.2) is 0 Å². The second-order valence-electron chi connectivity index (χ2n) is 5.59. The van der Waals surface area contributed by atoms with Crippen molar-refractivity contribution in [1.29, 1.82) is 0 Å². The fraction of sp³-hybridized carbons (Fsp3) is 0.150. The summed E-state index contributed by atoms with van der Waals surface area (Å²) in [5.41, 5.74) is 2.93. The van der Waals surface area contributed by atoms with Crippen molar-refractivity contribution >= 4 is 0 Å². The van der Waals surface area contributed by atoms with Crippen LogP contribution in [0.2, 0.25) is 0 Å². The van der Waals surface area contributed by atoms with Gasteiger partial charge < -0.3 is 10.1 Å². The zero-order valence-electron chi connectivity index (χ0n) is 13.4. The lowest BCUT2D eigenvalue weighted by molar-refractivity contribution is -0.686. The molecular weight excluding hydrogens is 303 g/mol. The molecule has 0 bridgehead atoms. The number of hydrogen-bond donors (Lipinski definition) is 1. The minimum Gasteiger partial charge on any atom is -0.489 e. The second kappa shape index (κ2) is 8.22. The van der Waals surface area contributed by atoms with Crippen molar-refractivity contribution in [2.45, 2.75) is 19.7 Å². The molecule has 3 nitrogen and oxygen atoms in total. The molecule has 3 rings (SSSR count). The van der Waals surface area contributed by atoms with Crippen molar-refractivity contribution < 1.29 is 14.4 Å². The van der Waals surface area contributed by atoms with E-state index < -0.39 is 0 Å². The number of nitrogens with zero attached hydrogens (tertiary/aromatic N) is 1. The number of hydrogen-bond acceptors (Lipinski definition) is 2. The van der Waals surface area contributed by atoms with E-state index in [0.29, 0.717) is 5.56 Å². The van der Waals surface area contributed by atoms with Gasteiger partial charge in [0.2, 0.25) is 0 Å². The van der Waals surface area contributed by atoms with Gasteiger partial charge in [-0.05, 0) is 24.3 Å². The number of pyridine rings is 1. The zero-order valence-corrected chi connectivity index (χ0v) is 13.4. The van der Waals surface area contributed by atoms with E-state index in [0.717, 1.165) is 18.8 Å². The Hall–Kier alpha value is -2.72. The van der Waals surface area contributed by atoms with Crippen molar-refractivity contribution in [2.75, 3.05) is 0 Å². The summed E-state index contributed by atoms with van der Waals surface area (Å²) < 4.78 is 19.3. The molecule has 24 heavy (non-hydrogen) atoms. The van der Waals surface area contributed by atoms with Crippen LogP contribution in [0.3, 0.4) is 0 Å². The molecule has 4 heteroatoms. The maximum absolute atomic E-state index is 13.6. The van der Waals surface area contributed by atoms with Gasteiger partial charge in [-0.15, -0.1) is 0 Å². The van der Waals surface area contributed by atoms with Crippen LogP contribution < -0.4 is 10.1 Å². The van der Waals surface area contributed by atoms with Crippen molar-refractivity contribution in [3.63, 3.8) is 0 Å². The van der Waals surface area contributed by atoms with Gasteiger partial charge in [-0.25, -0.2) is 4.39 Å². The SMILES string of the molecule is Fc1ccccc1COc1cccc(C[NH2+]Cc2cccnc2)c1. The predicted octanol–water partition coefficient (Wildman–Crippen LogP) is 3.06. The molecule has 0 unspecified atom stereocenters. The van der Waals surface area contributed by atoms with Crippen LogP contribution in [0, 0.1) is 5.82 Å². The number of rotatable bonds is 7. The topological polar surface area (TPSA) is 38.7 Å². The molecule has 0 fully saturated rings. The smallest absolute Gasteiger partial charge is 0.129 e. The fourth-order valence-electron chi connectivity index (χ4n) is 2.46. The Bertz CT molecular complexity index is 777. The largest absolute Gasteiger partial charge is 0.489 e. The molecule has 0 aliphatic heterocycles. The molecule has 0 spiro atoms. The maximum atomic E-state index is 13.6. The molecule has 0 atom stereocenters. The van der Waals surface area contributed by atoms with E-state index in [4.69, 9.17) is 4.74 Å². The van der Waals surface area contributed by atoms with E-state index in [1.165, 1.54) is 17.2 Å². The third-order valence-electron chi connectivity index (χ3n) is 3.73. The molecule has 122 valence electrons. The number of nitrogens with two attached hydrogens (primary N) is 1. The summed E-state index contributed by atoms with van der Waals surface area (Å²) in [5, 5.41) is 2.22. The molecule has 3 aromatic rings. The maximum Gasteiger partial charge on any atom is 0.129 e. The van der Waals surface area contributed by atoms with E-state index in [2.05, 4.69) is 22.4 Å². The van der Waals surface area contributed by atoms with E-state index in [-0.39, 0.29) is 12.4 Å². The summed E-state index contributed by atoms with van der Waals surface area (Å²) in [5.74, 6) is 0.518. The summed E-state index contributed by atoms with van der Waals surface area (Å²) in [4.78, 5) is 4.11. The monoisotopic (exact) mass is 323 g/mol. The van der Waals surface area contributed by atoms with Gasteiger partial charge in [-0.3, -0.25) is 4.98 Å². The Labute approximate surface area is 141 Å². The van der Waals surface area contributed by atoms with E-state index >= 15 is 0 Å². The summed E-state index contributed by atoms with van der Waals surface area (Å²) in [7, 11) is 0. The molecule has 0 aliphatic carbocycles. The van der Waals surface area contributed by atoms with Crippen molar-refractivity contribution in [1.82, 2.24) is 4.98 Å². The number of halogens is 1. The molecule has 2 aromatic carbocycles. The van der Waals surface area contributed by atoms with Gasteiger partial charge in [0.25, 0.3) is 0 Å². The van der Waals surface area contributed by atoms with Crippen LogP contribution in [-0.4, -0.2) is 4.98 Å². The van der Waals surface area contributed by atoms with Crippen LogP contribution in [0.15, 0.2) is 73.1 Å². The standard InChI is InChI=1S/C20H19FN2O/c21-20-9-2-1-7-18(20)15-24-19-8-3-5-16(11-19)12-23-14-17-6-4-10-22-13-17/h1-11,13,23H,12,14-15H2/p+1. The summed E-state index contributed by atoms with van der Waals surface area (Å²) in [6, 6.07) is 18.6. The lowest BCUT2D eigenvalue weighted by Gasteiger charge is -2.08. The third-order valence-corrected chi connectivity index (χ3v) is 3.73. The molecule has 0 saturated carbocycles. The van der Waals surface area contributed by atoms with Gasteiger partial charge in [-0.1, -0.05) is 36.4 Å². The third kappa shape index (κ3) is 4.64. The minimum absolute atomic E-state index is 0.232. The molecule has 1 aromatic heterocycles. The van der Waals surface area contributed by atoms with Crippen LogP contribution >= 0.6 is 0 Å². The number of aromatic nitrogens is 1. The lowest BCUT2D eigenvalue weighted by Crippen LogP contribution is -2.80. The Morgan fingerprint density at radius 3 is 2.58 bits per heavy atom. The van der Waals surface area contributed by atoms with Crippen LogP contribution in [0.4, 0.5) is 4.39 Å². The first kappa shape index (κ1) is 16.1. The normalized spacial score (nSPS) is 10.5. The van der Waals surface area contributed by atoms with Gasteiger partial charge in [0, 0.05) is 29.1 Å². The molecule has 2 N–H and O–H groups in total. The fourth-order valence-corrected chi connectivity index (χ4v) is 2.46. The second-order valence-corrected chi connectivity index (χ2v) is 5.59. The van der Waals surface area contributed by atoms with Crippen LogP contribution in [0.25, 0.3) is 0 Å². The van der Waals surface area contributed by atoms with E-state index in [1.807, 2.05) is 36.5 Å². The quantitative estimate of drug-likeness (QED) is 0.726. The molecule has 0 radical (unpaired) electrons. The lowest BCUT2D eigenvalue weighted by atomic mass is 10.2. The molecule has 0 saturated heterocycles. The van der Waals surface area contributed by atoms with Crippen molar-refractivity contribution in [2.24, 2.45) is 0 Å². The molecule has 0 aliphatic rings. The van der Waals surface area contributed by atoms with Crippen LogP contribution in [0.1, 0.15) is 16.7 Å². The molecule has 0 amide bonds. The highest BCUT2D eigenvalue weighted by Crippen LogP contribution is 2.16. The van der Waals surface area contributed by atoms with Crippen LogP contribution in [-0.2, 0) is 19.7 Å². The Kier molecular flexibility index (Phi) is 5.53. The average Bonchev–Trinajstić information content (AvgIpc) is 2.62. The average molecular weight is 323 g/mol. The highest BCUT2D eigenvalue weighted by Gasteiger charge is 2.03. The Balaban J connectivity index is 1.53. The summed E-state index contributed by atoms with van der Waals surface area (Å²) in [6.45, 7) is 1.97. The molecule has 1 heterocycles. The minimum atomic E-state index is -0.238. The first-order chi connectivity index (χ1) is 11.8. The first-order valence-electron chi connectivity index (χ1n) is 7.97. The highest BCUT2D eigenvalue weighted by atomic mass is 19.1. The van der Waals surface area contributed by atoms with Gasteiger partial charge in [0.1, 0.15) is 31.3 Å². The van der Waals surface area contributed by atoms with E-state index in [1.54, 1.807) is 18.3 Å². The number of ether oxygens (including phenoxy) is 1. The number of quaternary nitrogens is 1. The van der Waals surface area contributed by atoms with Crippen LogP contribution in [0.5, 0.6) is 5.75 Å². The van der Waals surface area contributed by atoms with Gasteiger partial charge >= 0.3 is 0 Å². The van der Waals surface area contributed by atoms with Crippen molar-refractivity contribution in [3.05, 3.63) is 95.6 Å². The molecular formula is C20H20FN2O+. The zero-order chi connectivity index (χ0) is 16.6. The first-order valence-corrected chi connectivity index (χ1v) is 7.97. The summed E-state index contributed by atoms with van der Waals surface area (Å²) in [6.07, 6.45) is 3.66. The van der Waals surface area contributed by atoms with Gasteiger partial charge in [-0.2, -0.15) is 0 Å². The number of benzene rings is 2. The van der Waals surface area contributed by atoms with E-state index in [9.17, 15) is 4.39 Å². The predicted molar refractivity (Wildman–Crippen MR) is 90.7 cm³/mol. The van der Waals surface area contributed by atoms with Crippen molar-refractivity contribution in [3.8, 4) is 5.75 Å². The van der Waals surface area contributed by atoms with Gasteiger partial charge in [0.05, 0.1) is 0 Å². The summed E-state index contributed by atoms with van der Waals surface area (Å²) >= 11 is 0. The highest BCUT2D eigenvalue weighted by molar-refractivity contribution is 5.28. The Morgan fingerprint density at radius 1 is 0.917 bits per heavy atom.